The molecule has 23 heavy (non-hydrogen) atoms. The number of amides is 1. The first kappa shape index (κ1) is 17.0. The average Bonchev–Trinajstić information content (AvgIpc) is 2.53. The minimum absolute atomic E-state index is 0.177. The Kier molecular flexibility index (Phi) is 5.40. The molecule has 0 saturated heterocycles. The normalized spacial score (nSPS) is 13.2. The Morgan fingerprint density at radius 3 is 2.52 bits per heavy atom. The molecule has 0 spiro atoms. The fourth-order valence-corrected chi connectivity index (χ4v) is 2.40. The number of aryl methyl sites for hydroxylation is 1. The number of nitrogens with one attached hydrogen (secondary N) is 1. The Morgan fingerprint density at radius 1 is 1.22 bits per heavy atom. The van der Waals surface area contributed by atoms with E-state index in [0.29, 0.717) is 12.0 Å². The maximum atomic E-state index is 12.1. The highest BCUT2D eigenvalue weighted by Crippen LogP contribution is 2.17. The number of hydrogen-bond donors (Lipinski definition) is 2. The molecule has 0 aromatic heterocycles. The molecule has 0 aliphatic heterocycles. The van der Waals surface area contributed by atoms with Crippen molar-refractivity contribution in [1.29, 1.82) is 0 Å². The molecule has 4 nitrogen and oxygen atoms in total. The molecule has 0 fully saturated rings. The van der Waals surface area contributed by atoms with Gasteiger partial charge in [-0.3, -0.25) is 4.79 Å². The van der Waals surface area contributed by atoms with Crippen LogP contribution in [0.3, 0.4) is 0 Å². The molecule has 1 amide bonds. The maximum Gasteiger partial charge on any atom is 0.251 e. The molecular formula is C19H23NO3. The van der Waals surface area contributed by atoms with Crippen molar-refractivity contribution in [3.8, 4) is 5.75 Å². The van der Waals surface area contributed by atoms with Gasteiger partial charge in [-0.2, -0.15) is 0 Å². The Bertz CT molecular complexity index is 663. The van der Waals surface area contributed by atoms with Crippen LogP contribution in [0.25, 0.3) is 0 Å². The molecule has 0 saturated carbocycles. The lowest BCUT2D eigenvalue weighted by molar-refractivity contribution is 0.0552. The van der Waals surface area contributed by atoms with Gasteiger partial charge < -0.3 is 15.2 Å². The van der Waals surface area contributed by atoms with E-state index < -0.39 is 5.60 Å². The third-order valence-corrected chi connectivity index (χ3v) is 3.65. The lowest BCUT2D eigenvalue weighted by Crippen LogP contribution is -2.42. The van der Waals surface area contributed by atoms with Crippen molar-refractivity contribution in [2.24, 2.45) is 0 Å². The van der Waals surface area contributed by atoms with E-state index in [1.807, 2.05) is 49.4 Å². The number of aliphatic hydroxyl groups is 1. The molecular weight excluding hydrogens is 290 g/mol. The molecule has 0 heterocycles. The van der Waals surface area contributed by atoms with E-state index >= 15 is 0 Å². The van der Waals surface area contributed by atoms with Gasteiger partial charge in [-0.25, -0.2) is 0 Å². The first-order chi connectivity index (χ1) is 10.9. The minimum atomic E-state index is -1.02. The topological polar surface area (TPSA) is 58.6 Å². The van der Waals surface area contributed by atoms with Crippen LogP contribution in [0.1, 0.15) is 28.4 Å². The SMILES string of the molecule is COc1ccc(CC(C)(O)CNC(=O)c2cccc(C)c2)cc1. The van der Waals surface area contributed by atoms with Crippen LogP contribution in [0.2, 0.25) is 0 Å². The van der Waals surface area contributed by atoms with Crippen LogP contribution in [-0.4, -0.2) is 30.3 Å². The summed E-state index contributed by atoms with van der Waals surface area (Å²) in [6.45, 7) is 3.84. The fourth-order valence-electron chi connectivity index (χ4n) is 2.40. The van der Waals surface area contributed by atoms with Gasteiger partial charge >= 0.3 is 0 Å². The minimum Gasteiger partial charge on any atom is -0.497 e. The average molecular weight is 313 g/mol. The first-order valence-electron chi connectivity index (χ1n) is 7.60. The summed E-state index contributed by atoms with van der Waals surface area (Å²) < 4.78 is 5.12. The van der Waals surface area contributed by atoms with Gasteiger partial charge in [0.2, 0.25) is 0 Å². The van der Waals surface area contributed by atoms with Crippen LogP contribution in [0.5, 0.6) is 5.75 Å². The lowest BCUT2D eigenvalue weighted by Gasteiger charge is -2.24. The highest BCUT2D eigenvalue weighted by Gasteiger charge is 2.22. The zero-order valence-electron chi connectivity index (χ0n) is 13.8. The standard InChI is InChI=1S/C19H23NO3/c1-14-5-4-6-16(11-14)18(21)20-13-19(2,22)12-15-7-9-17(23-3)10-8-15/h4-11,22H,12-13H2,1-3H3,(H,20,21). The van der Waals surface area contributed by atoms with E-state index in [-0.39, 0.29) is 12.5 Å². The number of benzene rings is 2. The van der Waals surface area contributed by atoms with Crippen molar-refractivity contribution >= 4 is 5.91 Å². The Hall–Kier alpha value is -2.33. The van der Waals surface area contributed by atoms with Crippen LogP contribution in [-0.2, 0) is 6.42 Å². The maximum absolute atomic E-state index is 12.1. The second-order valence-electron chi connectivity index (χ2n) is 6.07. The van der Waals surface area contributed by atoms with Crippen LogP contribution in [0.15, 0.2) is 48.5 Å². The Balaban J connectivity index is 1.93. The zero-order valence-corrected chi connectivity index (χ0v) is 13.8. The first-order valence-corrected chi connectivity index (χ1v) is 7.60. The van der Waals surface area contributed by atoms with Gasteiger partial charge in [0.05, 0.1) is 12.7 Å². The van der Waals surface area contributed by atoms with Crippen molar-refractivity contribution in [1.82, 2.24) is 5.32 Å². The van der Waals surface area contributed by atoms with Gasteiger partial charge in [0.25, 0.3) is 5.91 Å². The van der Waals surface area contributed by atoms with Gasteiger partial charge in [-0.15, -0.1) is 0 Å². The summed E-state index contributed by atoms with van der Waals surface area (Å²) >= 11 is 0. The highest BCUT2D eigenvalue weighted by molar-refractivity contribution is 5.94. The van der Waals surface area contributed by atoms with Crippen LogP contribution in [0.4, 0.5) is 0 Å². The monoisotopic (exact) mass is 313 g/mol. The highest BCUT2D eigenvalue weighted by atomic mass is 16.5. The largest absolute Gasteiger partial charge is 0.497 e. The molecule has 1 unspecified atom stereocenters. The van der Waals surface area contributed by atoms with E-state index in [4.69, 9.17) is 4.74 Å². The van der Waals surface area contributed by atoms with E-state index in [0.717, 1.165) is 16.9 Å². The van der Waals surface area contributed by atoms with Gasteiger partial charge in [0.1, 0.15) is 5.75 Å². The molecule has 2 N–H and O–H groups in total. The molecule has 0 aliphatic carbocycles. The summed E-state index contributed by atoms with van der Waals surface area (Å²) in [4.78, 5) is 12.1. The second kappa shape index (κ2) is 7.29. The number of carbonyl (C=O) groups excluding carboxylic acids is 1. The van der Waals surface area contributed by atoms with Crippen LogP contribution >= 0.6 is 0 Å². The van der Waals surface area contributed by atoms with Crippen LogP contribution < -0.4 is 10.1 Å². The predicted octanol–water partition coefficient (Wildman–Crippen LogP) is 2.73. The molecule has 0 aliphatic rings. The van der Waals surface area contributed by atoms with E-state index in [1.54, 1.807) is 20.1 Å². The van der Waals surface area contributed by atoms with Gasteiger partial charge in [-0.05, 0) is 43.7 Å². The molecule has 122 valence electrons. The second-order valence-corrected chi connectivity index (χ2v) is 6.07. The molecule has 1 atom stereocenters. The summed E-state index contributed by atoms with van der Waals surface area (Å²) in [6.07, 6.45) is 0.449. The summed E-state index contributed by atoms with van der Waals surface area (Å²) in [5.74, 6) is 0.602. The summed E-state index contributed by atoms with van der Waals surface area (Å²) in [6, 6.07) is 14.9. The van der Waals surface area contributed by atoms with Crippen LogP contribution in [0, 0.1) is 6.92 Å². The van der Waals surface area contributed by atoms with Gasteiger partial charge in [0, 0.05) is 18.5 Å². The van der Waals surface area contributed by atoms with E-state index in [1.165, 1.54) is 0 Å². The molecule has 2 rings (SSSR count). The third-order valence-electron chi connectivity index (χ3n) is 3.65. The molecule has 0 bridgehead atoms. The number of rotatable bonds is 6. The van der Waals surface area contributed by atoms with Crippen molar-refractivity contribution in [3.05, 3.63) is 65.2 Å². The predicted molar refractivity (Wildman–Crippen MR) is 90.8 cm³/mol. The van der Waals surface area contributed by atoms with Crippen molar-refractivity contribution in [2.45, 2.75) is 25.9 Å². The van der Waals surface area contributed by atoms with E-state index in [9.17, 15) is 9.90 Å². The third kappa shape index (κ3) is 5.11. The van der Waals surface area contributed by atoms with Crippen molar-refractivity contribution in [2.75, 3.05) is 13.7 Å². The van der Waals surface area contributed by atoms with Gasteiger partial charge in [-0.1, -0.05) is 29.8 Å². The smallest absolute Gasteiger partial charge is 0.251 e. The zero-order chi connectivity index (χ0) is 16.9. The summed E-state index contributed by atoms with van der Waals surface area (Å²) in [5, 5.41) is 13.3. The summed E-state index contributed by atoms with van der Waals surface area (Å²) in [7, 11) is 1.62. The molecule has 2 aromatic carbocycles. The Morgan fingerprint density at radius 2 is 1.91 bits per heavy atom. The molecule has 0 radical (unpaired) electrons. The summed E-state index contributed by atoms with van der Waals surface area (Å²) in [5.41, 5.74) is 1.60. The van der Waals surface area contributed by atoms with Gasteiger partial charge in [0.15, 0.2) is 0 Å². The van der Waals surface area contributed by atoms with Crippen molar-refractivity contribution in [3.63, 3.8) is 0 Å². The van der Waals surface area contributed by atoms with E-state index in [2.05, 4.69) is 5.32 Å². The number of ether oxygens (including phenoxy) is 1. The molecule has 4 heteroatoms. The molecule has 2 aromatic rings. The van der Waals surface area contributed by atoms with Crippen molar-refractivity contribution < 1.29 is 14.6 Å². The number of methoxy groups -OCH3 is 1. The number of carbonyl (C=O) groups is 1. The lowest BCUT2D eigenvalue weighted by atomic mass is 9.96. The quantitative estimate of drug-likeness (QED) is 0.862. The number of hydrogen-bond acceptors (Lipinski definition) is 3. The fraction of sp³-hybridized carbons (Fsp3) is 0.316. The Labute approximate surface area is 137 Å².